The minimum Gasteiger partial charge on any atom is -0.378 e. The number of carbonyl (C=O) groups is 1. The van der Waals surface area contributed by atoms with Crippen LogP contribution in [0.5, 0.6) is 0 Å². The summed E-state index contributed by atoms with van der Waals surface area (Å²) < 4.78 is 5.45. The number of benzene rings is 1. The maximum Gasteiger partial charge on any atom is 0.228 e. The molecule has 3 aliphatic heterocycles. The number of amides is 1. The highest BCUT2D eigenvalue weighted by Gasteiger charge is 2.44. The van der Waals surface area contributed by atoms with Crippen LogP contribution in [0.4, 0.5) is 5.69 Å². The Labute approximate surface area is 176 Å². The van der Waals surface area contributed by atoms with Crippen LogP contribution < -0.4 is 4.90 Å². The van der Waals surface area contributed by atoms with Crippen molar-refractivity contribution >= 4 is 11.6 Å². The maximum absolute atomic E-state index is 13.0. The highest BCUT2D eigenvalue weighted by Crippen LogP contribution is 2.42. The number of nitrogens with zero attached hydrogens (tertiary/aromatic N) is 3. The number of anilines is 1. The van der Waals surface area contributed by atoms with Crippen molar-refractivity contribution in [3.63, 3.8) is 0 Å². The van der Waals surface area contributed by atoms with E-state index in [9.17, 15) is 4.79 Å². The fraction of sp³-hybridized carbons (Fsp3) is 0.708. The Morgan fingerprint density at radius 1 is 1.00 bits per heavy atom. The lowest BCUT2D eigenvalue weighted by Crippen LogP contribution is -2.47. The molecule has 3 saturated heterocycles. The zero-order valence-corrected chi connectivity index (χ0v) is 18.2. The van der Waals surface area contributed by atoms with Crippen molar-refractivity contribution in [3.05, 3.63) is 29.8 Å². The quantitative estimate of drug-likeness (QED) is 0.778. The fourth-order valence-electron chi connectivity index (χ4n) is 5.48. The highest BCUT2D eigenvalue weighted by molar-refractivity contribution is 5.82. The van der Waals surface area contributed by atoms with Crippen molar-refractivity contribution in [2.24, 2.45) is 11.3 Å². The third-order valence-corrected chi connectivity index (χ3v) is 7.48. The summed E-state index contributed by atoms with van der Waals surface area (Å²) in [6.07, 6.45) is 5.67. The van der Waals surface area contributed by atoms with Gasteiger partial charge in [0, 0.05) is 44.3 Å². The summed E-state index contributed by atoms with van der Waals surface area (Å²) in [5.74, 6) is 0.905. The van der Waals surface area contributed by atoms with E-state index in [0.717, 1.165) is 78.2 Å². The van der Waals surface area contributed by atoms with Gasteiger partial charge < -0.3 is 14.5 Å². The van der Waals surface area contributed by atoms with Gasteiger partial charge in [-0.3, -0.25) is 9.69 Å². The maximum atomic E-state index is 13.0. The number of piperidine rings is 1. The van der Waals surface area contributed by atoms with Crippen LogP contribution in [0, 0.1) is 11.3 Å². The molecule has 0 N–H and O–H groups in total. The Morgan fingerprint density at radius 3 is 2.38 bits per heavy atom. The van der Waals surface area contributed by atoms with Crippen LogP contribution in [0.15, 0.2) is 24.3 Å². The smallest absolute Gasteiger partial charge is 0.228 e. The number of carbonyl (C=O) groups excluding carboxylic acids is 1. The SMILES string of the molecule is CN1CCCCC(C)(C2CCN(Cc3ccc(N4CCOCC4)cc3)CC2)C1=O. The van der Waals surface area contributed by atoms with Crippen molar-refractivity contribution in [3.8, 4) is 0 Å². The lowest BCUT2D eigenvalue weighted by atomic mass is 9.69. The molecule has 0 aliphatic carbocycles. The van der Waals surface area contributed by atoms with Gasteiger partial charge in [0.05, 0.1) is 13.2 Å². The van der Waals surface area contributed by atoms with Crippen molar-refractivity contribution in [2.75, 3.05) is 57.9 Å². The van der Waals surface area contributed by atoms with E-state index >= 15 is 0 Å². The average Bonchev–Trinajstić information content (AvgIpc) is 2.89. The van der Waals surface area contributed by atoms with Crippen LogP contribution in [0.2, 0.25) is 0 Å². The minimum absolute atomic E-state index is 0.156. The van der Waals surface area contributed by atoms with Crippen molar-refractivity contribution in [1.29, 1.82) is 0 Å². The van der Waals surface area contributed by atoms with E-state index in [1.165, 1.54) is 17.7 Å². The average molecular weight is 400 g/mol. The number of morpholine rings is 1. The first-order valence-electron chi connectivity index (χ1n) is 11.5. The molecule has 1 amide bonds. The van der Waals surface area contributed by atoms with Gasteiger partial charge in [0.2, 0.25) is 5.91 Å². The van der Waals surface area contributed by atoms with Crippen molar-refractivity contribution in [2.45, 2.75) is 45.6 Å². The molecular formula is C24H37N3O2. The topological polar surface area (TPSA) is 36.0 Å². The first kappa shape index (κ1) is 20.7. The number of ether oxygens (including phenoxy) is 1. The minimum atomic E-state index is -0.156. The van der Waals surface area contributed by atoms with Crippen LogP contribution in [0.1, 0.15) is 44.6 Å². The molecule has 4 rings (SSSR count). The van der Waals surface area contributed by atoms with E-state index in [4.69, 9.17) is 4.74 Å². The molecular weight excluding hydrogens is 362 g/mol. The van der Waals surface area contributed by atoms with E-state index in [-0.39, 0.29) is 5.41 Å². The molecule has 29 heavy (non-hydrogen) atoms. The number of likely N-dealkylation sites (tertiary alicyclic amines) is 2. The summed E-state index contributed by atoms with van der Waals surface area (Å²) in [4.78, 5) is 20.0. The molecule has 0 bridgehead atoms. The Morgan fingerprint density at radius 2 is 1.69 bits per heavy atom. The van der Waals surface area contributed by atoms with Gasteiger partial charge in [0.1, 0.15) is 0 Å². The first-order chi connectivity index (χ1) is 14.1. The molecule has 1 aromatic rings. The summed E-state index contributed by atoms with van der Waals surface area (Å²) in [5, 5.41) is 0. The molecule has 5 heteroatoms. The summed E-state index contributed by atoms with van der Waals surface area (Å²) in [7, 11) is 1.99. The molecule has 3 fully saturated rings. The monoisotopic (exact) mass is 399 g/mol. The predicted molar refractivity (Wildman–Crippen MR) is 117 cm³/mol. The van der Waals surface area contributed by atoms with E-state index in [0.29, 0.717) is 11.8 Å². The molecule has 0 saturated carbocycles. The number of hydrogen-bond acceptors (Lipinski definition) is 4. The van der Waals surface area contributed by atoms with E-state index < -0.39 is 0 Å². The lowest BCUT2D eigenvalue weighted by Gasteiger charge is -2.42. The Balaban J connectivity index is 1.31. The number of hydrogen-bond donors (Lipinski definition) is 0. The summed E-state index contributed by atoms with van der Waals surface area (Å²) >= 11 is 0. The van der Waals surface area contributed by atoms with E-state index in [1.54, 1.807) is 0 Å². The molecule has 1 aromatic carbocycles. The van der Waals surface area contributed by atoms with Gasteiger partial charge in [0.15, 0.2) is 0 Å². The molecule has 0 radical (unpaired) electrons. The van der Waals surface area contributed by atoms with Gasteiger partial charge in [-0.2, -0.15) is 0 Å². The summed E-state index contributed by atoms with van der Waals surface area (Å²) in [5.41, 5.74) is 2.54. The Bertz CT molecular complexity index is 678. The Kier molecular flexibility index (Phi) is 6.45. The van der Waals surface area contributed by atoms with Crippen LogP contribution >= 0.6 is 0 Å². The third-order valence-electron chi connectivity index (χ3n) is 7.48. The largest absolute Gasteiger partial charge is 0.378 e. The number of rotatable bonds is 4. The van der Waals surface area contributed by atoms with Gasteiger partial charge in [0.25, 0.3) is 0 Å². The molecule has 1 unspecified atom stereocenters. The second-order valence-corrected chi connectivity index (χ2v) is 9.42. The molecule has 3 aliphatic rings. The van der Waals surface area contributed by atoms with Crippen LogP contribution in [-0.4, -0.2) is 68.7 Å². The summed E-state index contributed by atoms with van der Waals surface area (Å²) in [6, 6.07) is 9.08. The highest BCUT2D eigenvalue weighted by atomic mass is 16.5. The van der Waals surface area contributed by atoms with Gasteiger partial charge >= 0.3 is 0 Å². The molecule has 5 nitrogen and oxygen atoms in total. The fourth-order valence-corrected chi connectivity index (χ4v) is 5.48. The zero-order valence-electron chi connectivity index (χ0n) is 18.2. The van der Waals surface area contributed by atoms with Crippen LogP contribution in [-0.2, 0) is 16.1 Å². The third kappa shape index (κ3) is 4.61. The molecule has 160 valence electrons. The van der Waals surface area contributed by atoms with Gasteiger partial charge in [-0.25, -0.2) is 0 Å². The second kappa shape index (κ2) is 9.05. The predicted octanol–water partition coefficient (Wildman–Crippen LogP) is 3.38. The molecule has 0 spiro atoms. The first-order valence-corrected chi connectivity index (χ1v) is 11.5. The standard InChI is InChI=1S/C24H37N3O2/c1-24(11-3-4-12-25(2)23(24)28)21-9-13-26(14-10-21)19-20-5-7-22(8-6-20)27-15-17-29-18-16-27/h5-8,21H,3-4,9-19H2,1-2H3. The second-order valence-electron chi connectivity index (χ2n) is 9.42. The normalized spacial score (nSPS) is 27.9. The van der Waals surface area contributed by atoms with Crippen molar-refractivity contribution in [1.82, 2.24) is 9.80 Å². The van der Waals surface area contributed by atoms with Crippen LogP contribution in [0.25, 0.3) is 0 Å². The molecule has 3 heterocycles. The van der Waals surface area contributed by atoms with E-state index in [2.05, 4.69) is 41.0 Å². The van der Waals surface area contributed by atoms with Crippen molar-refractivity contribution < 1.29 is 9.53 Å². The van der Waals surface area contributed by atoms with Gasteiger partial charge in [-0.1, -0.05) is 25.5 Å². The lowest BCUT2D eigenvalue weighted by molar-refractivity contribution is -0.143. The van der Waals surface area contributed by atoms with Gasteiger partial charge in [-0.05, 0) is 62.4 Å². The zero-order chi connectivity index (χ0) is 20.3. The Hall–Kier alpha value is -1.59. The van der Waals surface area contributed by atoms with E-state index in [1.807, 2.05) is 11.9 Å². The molecule has 0 aromatic heterocycles. The van der Waals surface area contributed by atoms with Gasteiger partial charge in [-0.15, -0.1) is 0 Å². The summed E-state index contributed by atoms with van der Waals surface area (Å²) in [6.45, 7) is 10.0. The molecule has 1 atom stereocenters. The van der Waals surface area contributed by atoms with Crippen LogP contribution in [0.3, 0.4) is 0 Å².